The Kier molecular flexibility index (Phi) is 1.73. The Morgan fingerprint density at radius 3 is 2.56 bits per heavy atom. The molecule has 1 heterocycles. The van der Waals surface area contributed by atoms with Crippen LogP contribution in [0.1, 0.15) is 5.76 Å². The van der Waals surface area contributed by atoms with E-state index in [1.165, 1.54) is 0 Å². The molecule has 0 amide bonds. The van der Waals surface area contributed by atoms with E-state index in [4.69, 9.17) is 21.8 Å². The summed E-state index contributed by atoms with van der Waals surface area (Å²) >= 11 is 10.0. The van der Waals surface area contributed by atoms with Gasteiger partial charge in [0.15, 0.2) is 11.0 Å². The van der Waals surface area contributed by atoms with E-state index >= 15 is 0 Å². The predicted octanol–water partition coefficient (Wildman–Crippen LogP) is 1.57. The summed E-state index contributed by atoms with van der Waals surface area (Å²) in [6.07, 6.45) is 0. The molecule has 0 aliphatic rings. The van der Waals surface area contributed by atoms with Gasteiger partial charge < -0.3 is 10.2 Å². The molecule has 0 radical (unpaired) electrons. The Labute approximate surface area is 62.6 Å². The summed E-state index contributed by atoms with van der Waals surface area (Å²) in [5, 5.41) is 0.304. The lowest BCUT2D eigenvalue weighted by atomic mass is 10.5. The van der Waals surface area contributed by atoms with Crippen molar-refractivity contribution in [1.82, 2.24) is 0 Å². The first-order valence-corrected chi connectivity index (χ1v) is 3.04. The molecule has 0 saturated carbocycles. The van der Waals surface area contributed by atoms with Crippen LogP contribution in [0.5, 0.6) is 0 Å². The minimum Gasteiger partial charge on any atom is -0.442 e. The zero-order valence-corrected chi connectivity index (χ0v) is 6.00. The van der Waals surface area contributed by atoms with Crippen molar-refractivity contribution >= 4 is 28.8 Å². The first-order chi connectivity index (χ1) is 4.20. The molecule has 0 spiro atoms. The van der Waals surface area contributed by atoms with Crippen LogP contribution in [0.2, 0.25) is 5.22 Å². The third kappa shape index (κ3) is 1.43. The number of thiocarbonyl (C=S) groups is 1. The van der Waals surface area contributed by atoms with Crippen LogP contribution in [0.4, 0.5) is 0 Å². The van der Waals surface area contributed by atoms with Crippen molar-refractivity contribution in [2.24, 2.45) is 5.73 Å². The first kappa shape index (κ1) is 6.58. The van der Waals surface area contributed by atoms with Crippen LogP contribution in [0.3, 0.4) is 0 Å². The van der Waals surface area contributed by atoms with Crippen LogP contribution in [0.25, 0.3) is 0 Å². The largest absolute Gasteiger partial charge is 0.442 e. The van der Waals surface area contributed by atoms with E-state index in [9.17, 15) is 0 Å². The highest BCUT2D eigenvalue weighted by Gasteiger charge is 1.99. The fourth-order valence-electron chi connectivity index (χ4n) is 0.447. The number of nitrogens with two attached hydrogens (primary N) is 1. The molecule has 1 rings (SSSR count). The highest BCUT2D eigenvalue weighted by Crippen LogP contribution is 2.12. The molecule has 0 saturated heterocycles. The maximum atomic E-state index is 5.42. The van der Waals surface area contributed by atoms with E-state index in [2.05, 4.69) is 12.2 Å². The van der Waals surface area contributed by atoms with Gasteiger partial charge in [-0.1, -0.05) is 12.2 Å². The highest BCUT2D eigenvalue weighted by molar-refractivity contribution is 7.80. The van der Waals surface area contributed by atoms with Crippen LogP contribution >= 0.6 is 23.8 Å². The van der Waals surface area contributed by atoms with E-state index in [-0.39, 0.29) is 4.99 Å². The van der Waals surface area contributed by atoms with Gasteiger partial charge in [-0.25, -0.2) is 0 Å². The van der Waals surface area contributed by atoms with Crippen LogP contribution in [-0.2, 0) is 0 Å². The summed E-state index contributed by atoms with van der Waals surface area (Å²) in [4.78, 5) is 0.224. The van der Waals surface area contributed by atoms with Gasteiger partial charge in [-0.15, -0.1) is 0 Å². The minimum atomic E-state index is 0.224. The van der Waals surface area contributed by atoms with Crippen LogP contribution in [0.15, 0.2) is 16.5 Å². The standard InChI is InChI=1S/C5H4ClNOS/c6-4-2-1-3(8-4)5(7)9/h1-2H,(H2,7,9). The summed E-state index contributed by atoms with van der Waals surface area (Å²) in [5.74, 6) is 0.454. The average molecular weight is 162 g/mol. The monoisotopic (exact) mass is 161 g/mol. The molecule has 48 valence electrons. The van der Waals surface area contributed by atoms with Crippen molar-refractivity contribution in [3.8, 4) is 0 Å². The molecule has 0 aromatic carbocycles. The SMILES string of the molecule is NC(=S)c1ccc(Cl)o1. The van der Waals surface area contributed by atoms with Crippen molar-refractivity contribution in [3.05, 3.63) is 23.1 Å². The Hall–Kier alpha value is -0.540. The zero-order chi connectivity index (χ0) is 6.85. The van der Waals surface area contributed by atoms with E-state index < -0.39 is 0 Å². The van der Waals surface area contributed by atoms with Gasteiger partial charge in [0.1, 0.15) is 4.99 Å². The molecule has 4 heteroatoms. The molecule has 0 bridgehead atoms. The third-order valence-electron chi connectivity index (χ3n) is 0.816. The molecular formula is C5H4ClNOS. The Bertz CT molecular complexity index is 233. The maximum absolute atomic E-state index is 5.42. The van der Waals surface area contributed by atoms with Crippen molar-refractivity contribution in [3.63, 3.8) is 0 Å². The van der Waals surface area contributed by atoms with Gasteiger partial charge in [0, 0.05) is 0 Å². The smallest absolute Gasteiger partial charge is 0.194 e. The summed E-state index contributed by atoms with van der Waals surface area (Å²) < 4.78 is 4.84. The highest BCUT2D eigenvalue weighted by atomic mass is 35.5. The van der Waals surface area contributed by atoms with E-state index in [0.717, 1.165) is 0 Å². The van der Waals surface area contributed by atoms with Gasteiger partial charge in [-0.05, 0) is 23.7 Å². The summed E-state index contributed by atoms with van der Waals surface area (Å²) in [6, 6.07) is 3.22. The Balaban J connectivity index is 2.98. The molecule has 2 N–H and O–H groups in total. The Morgan fingerprint density at radius 1 is 1.67 bits per heavy atom. The minimum absolute atomic E-state index is 0.224. The topological polar surface area (TPSA) is 39.2 Å². The van der Waals surface area contributed by atoms with Gasteiger partial charge in [-0.2, -0.15) is 0 Å². The quantitative estimate of drug-likeness (QED) is 0.636. The van der Waals surface area contributed by atoms with Gasteiger partial charge in [-0.3, -0.25) is 0 Å². The molecule has 1 aromatic rings. The molecule has 1 aromatic heterocycles. The van der Waals surface area contributed by atoms with E-state index in [1.54, 1.807) is 12.1 Å². The van der Waals surface area contributed by atoms with E-state index in [0.29, 0.717) is 11.0 Å². The molecule has 0 fully saturated rings. The lowest BCUT2D eigenvalue weighted by molar-refractivity contribution is 0.560. The average Bonchev–Trinajstić information content (AvgIpc) is 2.14. The van der Waals surface area contributed by atoms with Crippen molar-refractivity contribution in [2.45, 2.75) is 0 Å². The van der Waals surface area contributed by atoms with E-state index in [1.807, 2.05) is 0 Å². The van der Waals surface area contributed by atoms with Crippen molar-refractivity contribution < 1.29 is 4.42 Å². The normalized spacial score (nSPS) is 9.44. The van der Waals surface area contributed by atoms with Crippen molar-refractivity contribution in [1.29, 1.82) is 0 Å². The zero-order valence-electron chi connectivity index (χ0n) is 4.43. The predicted molar refractivity (Wildman–Crippen MR) is 39.6 cm³/mol. The number of furan rings is 1. The lowest BCUT2D eigenvalue weighted by Gasteiger charge is -1.85. The Morgan fingerprint density at radius 2 is 2.33 bits per heavy atom. The maximum Gasteiger partial charge on any atom is 0.194 e. The third-order valence-corrected chi connectivity index (χ3v) is 1.22. The van der Waals surface area contributed by atoms with Gasteiger partial charge in [0.2, 0.25) is 0 Å². The molecule has 0 unspecified atom stereocenters. The van der Waals surface area contributed by atoms with Crippen molar-refractivity contribution in [2.75, 3.05) is 0 Å². The molecule has 9 heavy (non-hydrogen) atoms. The molecule has 0 aliphatic heterocycles. The summed E-state index contributed by atoms with van der Waals surface area (Å²) in [7, 11) is 0. The summed E-state index contributed by atoms with van der Waals surface area (Å²) in [5.41, 5.74) is 5.21. The molecule has 0 aliphatic carbocycles. The van der Waals surface area contributed by atoms with Gasteiger partial charge in [0.05, 0.1) is 0 Å². The van der Waals surface area contributed by atoms with Crippen LogP contribution in [0, 0.1) is 0 Å². The first-order valence-electron chi connectivity index (χ1n) is 2.25. The number of halogens is 1. The second-order valence-electron chi connectivity index (χ2n) is 1.47. The molecular weight excluding hydrogens is 158 g/mol. The summed E-state index contributed by atoms with van der Waals surface area (Å²) in [6.45, 7) is 0. The number of rotatable bonds is 1. The molecule has 2 nitrogen and oxygen atoms in total. The molecule has 0 atom stereocenters. The fourth-order valence-corrected chi connectivity index (χ4v) is 0.703. The fraction of sp³-hybridized carbons (Fsp3) is 0. The van der Waals surface area contributed by atoms with Gasteiger partial charge in [0.25, 0.3) is 0 Å². The second kappa shape index (κ2) is 2.37. The number of hydrogen-bond acceptors (Lipinski definition) is 2. The lowest BCUT2D eigenvalue weighted by Crippen LogP contribution is -2.07. The van der Waals surface area contributed by atoms with Gasteiger partial charge >= 0.3 is 0 Å². The van der Waals surface area contributed by atoms with Crippen LogP contribution in [-0.4, -0.2) is 4.99 Å². The van der Waals surface area contributed by atoms with Crippen LogP contribution < -0.4 is 5.73 Å². The number of hydrogen-bond donors (Lipinski definition) is 1. The second-order valence-corrected chi connectivity index (χ2v) is 2.28.